The van der Waals surface area contributed by atoms with Crippen LogP contribution in [0.2, 0.25) is 0 Å². The molecule has 0 bridgehead atoms. The van der Waals surface area contributed by atoms with Gasteiger partial charge in [-0.05, 0) is 17.2 Å². The SMILES string of the molecule is C(=N\Cc1cccnc1)/c1ccccc1. The predicted octanol–water partition coefficient (Wildman–Crippen LogP) is 2.70. The Labute approximate surface area is 89.3 Å². The predicted molar refractivity (Wildman–Crippen MR) is 62.0 cm³/mol. The molecule has 1 aromatic carbocycles. The zero-order valence-corrected chi connectivity index (χ0v) is 8.38. The summed E-state index contributed by atoms with van der Waals surface area (Å²) in [5, 5.41) is 0. The molecule has 2 rings (SSSR count). The Kier molecular flexibility index (Phi) is 3.23. The molecule has 1 heterocycles. The molecule has 0 amide bonds. The molecule has 0 aliphatic heterocycles. The van der Waals surface area contributed by atoms with Crippen LogP contribution in [0.25, 0.3) is 0 Å². The van der Waals surface area contributed by atoms with Crippen LogP contribution in [0.15, 0.2) is 59.9 Å². The van der Waals surface area contributed by atoms with E-state index >= 15 is 0 Å². The van der Waals surface area contributed by atoms with Crippen molar-refractivity contribution < 1.29 is 0 Å². The van der Waals surface area contributed by atoms with E-state index in [1.165, 1.54) is 0 Å². The van der Waals surface area contributed by atoms with E-state index in [9.17, 15) is 0 Å². The van der Waals surface area contributed by atoms with Crippen molar-refractivity contribution in [1.29, 1.82) is 0 Å². The van der Waals surface area contributed by atoms with Crippen molar-refractivity contribution in [3.8, 4) is 0 Å². The van der Waals surface area contributed by atoms with Crippen molar-refractivity contribution in [2.24, 2.45) is 4.99 Å². The van der Waals surface area contributed by atoms with Crippen LogP contribution in [0, 0.1) is 0 Å². The molecule has 0 atom stereocenters. The molecule has 0 saturated carbocycles. The lowest BCUT2D eigenvalue weighted by Crippen LogP contribution is -1.84. The third-order valence-electron chi connectivity index (χ3n) is 2.04. The first kappa shape index (κ1) is 9.59. The number of hydrogen-bond acceptors (Lipinski definition) is 2. The minimum Gasteiger partial charge on any atom is -0.288 e. The maximum absolute atomic E-state index is 4.35. The molecule has 0 aliphatic carbocycles. The van der Waals surface area contributed by atoms with Crippen LogP contribution in [-0.4, -0.2) is 11.2 Å². The smallest absolute Gasteiger partial charge is 0.0654 e. The molecule has 2 nitrogen and oxygen atoms in total. The number of aliphatic imine (C=N–C) groups is 1. The summed E-state index contributed by atoms with van der Waals surface area (Å²) in [5.41, 5.74) is 2.26. The Morgan fingerprint density at radius 1 is 1.07 bits per heavy atom. The summed E-state index contributed by atoms with van der Waals surface area (Å²) < 4.78 is 0. The zero-order valence-electron chi connectivity index (χ0n) is 8.38. The van der Waals surface area contributed by atoms with Gasteiger partial charge in [0, 0.05) is 18.6 Å². The van der Waals surface area contributed by atoms with Gasteiger partial charge in [-0.15, -0.1) is 0 Å². The fourth-order valence-electron chi connectivity index (χ4n) is 1.29. The van der Waals surface area contributed by atoms with E-state index in [2.05, 4.69) is 9.98 Å². The highest BCUT2D eigenvalue weighted by molar-refractivity contribution is 5.79. The molecular weight excluding hydrogens is 184 g/mol. The Bertz CT molecular complexity index is 421. The molecule has 0 fully saturated rings. The maximum atomic E-state index is 4.35. The van der Waals surface area contributed by atoms with Crippen molar-refractivity contribution in [1.82, 2.24) is 4.98 Å². The summed E-state index contributed by atoms with van der Waals surface area (Å²) in [6, 6.07) is 14.0. The summed E-state index contributed by atoms with van der Waals surface area (Å²) in [7, 11) is 0. The van der Waals surface area contributed by atoms with Gasteiger partial charge in [-0.25, -0.2) is 0 Å². The lowest BCUT2D eigenvalue weighted by molar-refractivity contribution is 1.05. The van der Waals surface area contributed by atoms with E-state index in [1.807, 2.05) is 54.9 Å². The highest BCUT2D eigenvalue weighted by Gasteiger charge is 1.87. The Morgan fingerprint density at radius 2 is 1.93 bits per heavy atom. The number of hydrogen-bond donors (Lipinski definition) is 0. The standard InChI is InChI=1S/C13H12N2/c1-2-5-12(6-3-1)9-15-11-13-7-4-8-14-10-13/h1-10H,11H2/b15-9+. The molecule has 15 heavy (non-hydrogen) atoms. The van der Waals surface area contributed by atoms with Crippen LogP contribution in [0.5, 0.6) is 0 Å². The first-order valence-corrected chi connectivity index (χ1v) is 4.89. The number of aromatic nitrogens is 1. The van der Waals surface area contributed by atoms with Gasteiger partial charge < -0.3 is 0 Å². The molecule has 0 saturated heterocycles. The summed E-state index contributed by atoms with van der Waals surface area (Å²) in [6.45, 7) is 0.683. The average Bonchev–Trinajstić information content (AvgIpc) is 2.32. The van der Waals surface area contributed by atoms with Gasteiger partial charge >= 0.3 is 0 Å². The first-order valence-electron chi connectivity index (χ1n) is 4.89. The van der Waals surface area contributed by atoms with E-state index in [-0.39, 0.29) is 0 Å². The van der Waals surface area contributed by atoms with Gasteiger partial charge in [-0.1, -0.05) is 36.4 Å². The summed E-state index contributed by atoms with van der Waals surface area (Å²) in [6.07, 6.45) is 5.49. The fourth-order valence-corrected chi connectivity index (χ4v) is 1.29. The van der Waals surface area contributed by atoms with Crippen LogP contribution >= 0.6 is 0 Å². The van der Waals surface area contributed by atoms with Crippen LogP contribution in [-0.2, 0) is 6.54 Å². The molecule has 74 valence electrons. The molecule has 0 radical (unpaired) electrons. The van der Waals surface area contributed by atoms with Gasteiger partial charge in [0.2, 0.25) is 0 Å². The molecule has 2 heteroatoms. The second-order valence-electron chi connectivity index (χ2n) is 3.24. The number of benzene rings is 1. The number of rotatable bonds is 3. The number of nitrogens with zero attached hydrogens (tertiary/aromatic N) is 2. The van der Waals surface area contributed by atoms with Crippen molar-refractivity contribution in [2.45, 2.75) is 6.54 Å². The lowest BCUT2D eigenvalue weighted by Gasteiger charge is -1.94. The highest BCUT2D eigenvalue weighted by Crippen LogP contribution is 1.99. The zero-order chi connectivity index (χ0) is 10.3. The van der Waals surface area contributed by atoms with E-state index in [0.29, 0.717) is 6.54 Å². The minimum atomic E-state index is 0.683. The molecule has 0 spiro atoms. The van der Waals surface area contributed by atoms with Crippen LogP contribution in [0.1, 0.15) is 11.1 Å². The van der Waals surface area contributed by atoms with E-state index in [0.717, 1.165) is 11.1 Å². The summed E-state index contributed by atoms with van der Waals surface area (Å²) in [5.74, 6) is 0. The van der Waals surface area contributed by atoms with Crippen LogP contribution in [0.3, 0.4) is 0 Å². The van der Waals surface area contributed by atoms with E-state index in [1.54, 1.807) is 6.20 Å². The molecule has 0 unspecified atom stereocenters. The fraction of sp³-hybridized carbons (Fsp3) is 0.0769. The molecular formula is C13H12N2. The number of pyridine rings is 1. The third kappa shape index (κ3) is 3.02. The lowest BCUT2D eigenvalue weighted by atomic mass is 10.2. The van der Waals surface area contributed by atoms with Crippen molar-refractivity contribution in [3.05, 3.63) is 66.0 Å². The summed E-state index contributed by atoms with van der Waals surface area (Å²) in [4.78, 5) is 8.38. The molecule has 1 aromatic heterocycles. The highest BCUT2D eigenvalue weighted by atomic mass is 14.7. The Morgan fingerprint density at radius 3 is 2.67 bits per heavy atom. The first-order chi connectivity index (χ1) is 7.45. The van der Waals surface area contributed by atoms with Crippen molar-refractivity contribution >= 4 is 6.21 Å². The average molecular weight is 196 g/mol. The summed E-state index contributed by atoms with van der Waals surface area (Å²) >= 11 is 0. The van der Waals surface area contributed by atoms with Gasteiger partial charge in [-0.2, -0.15) is 0 Å². The van der Waals surface area contributed by atoms with Crippen LogP contribution in [0.4, 0.5) is 0 Å². The molecule has 0 N–H and O–H groups in total. The van der Waals surface area contributed by atoms with Crippen molar-refractivity contribution in [2.75, 3.05) is 0 Å². The van der Waals surface area contributed by atoms with Gasteiger partial charge in [0.05, 0.1) is 6.54 Å². The second-order valence-corrected chi connectivity index (χ2v) is 3.24. The van der Waals surface area contributed by atoms with Crippen molar-refractivity contribution in [3.63, 3.8) is 0 Å². The Balaban J connectivity index is 1.97. The maximum Gasteiger partial charge on any atom is 0.0654 e. The minimum absolute atomic E-state index is 0.683. The second kappa shape index (κ2) is 5.05. The van der Waals surface area contributed by atoms with Crippen LogP contribution < -0.4 is 0 Å². The molecule has 2 aromatic rings. The molecule has 0 aliphatic rings. The monoisotopic (exact) mass is 196 g/mol. The largest absolute Gasteiger partial charge is 0.288 e. The van der Waals surface area contributed by atoms with Gasteiger partial charge in [0.25, 0.3) is 0 Å². The topological polar surface area (TPSA) is 25.2 Å². The van der Waals surface area contributed by atoms with E-state index < -0.39 is 0 Å². The quantitative estimate of drug-likeness (QED) is 0.693. The Hall–Kier alpha value is -1.96. The normalized spacial score (nSPS) is 10.7. The van der Waals surface area contributed by atoms with Gasteiger partial charge in [0.15, 0.2) is 0 Å². The van der Waals surface area contributed by atoms with Gasteiger partial charge in [-0.3, -0.25) is 9.98 Å². The van der Waals surface area contributed by atoms with Gasteiger partial charge in [0.1, 0.15) is 0 Å². The third-order valence-corrected chi connectivity index (χ3v) is 2.04. The van der Waals surface area contributed by atoms with E-state index in [4.69, 9.17) is 0 Å².